The Morgan fingerprint density at radius 2 is 1.81 bits per heavy atom. The van der Waals surface area contributed by atoms with E-state index in [1.807, 2.05) is 40.1 Å². The molecule has 0 spiro atoms. The SMILES string of the molecule is Cc1cc(N2CCN(CC(=O)NCc3ccccc3)CC2)n2nc(C(F)(F)F)nc2n1. The van der Waals surface area contributed by atoms with Gasteiger partial charge in [0.25, 0.3) is 11.6 Å². The summed E-state index contributed by atoms with van der Waals surface area (Å²) in [4.78, 5) is 23.8. The topological polar surface area (TPSA) is 78.7 Å². The molecule has 1 amide bonds. The number of rotatable bonds is 5. The quantitative estimate of drug-likeness (QED) is 0.662. The number of carbonyl (C=O) groups is 1. The van der Waals surface area contributed by atoms with Crippen molar-refractivity contribution in [2.75, 3.05) is 37.6 Å². The largest absolute Gasteiger partial charge is 0.453 e. The number of carbonyl (C=O) groups excluding carboxylic acids is 1. The number of nitrogens with zero attached hydrogens (tertiary/aromatic N) is 6. The molecule has 8 nitrogen and oxygen atoms in total. The Hall–Kier alpha value is -3.21. The normalized spacial score (nSPS) is 15.4. The summed E-state index contributed by atoms with van der Waals surface area (Å²) in [6.45, 7) is 4.75. The Morgan fingerprint density at radius 1 is 1.10 bits per heavy atom. The van der Waals surface area contributed by atoms with Gasteiger partial charge in [0.1, 0.15) is 5.82 Å². The Kier molecular flexibility index (Phi) is 5.77. The first kappa shape index (κ1) is 21.0. The molecule has 0 aliphatic carbocycles. The standard InChI is InChI=1S/C20H22F3N7O/c1-14-11-17(30-19(25-14)26-18(27-30)20(21,22)23)29-9-7-28(8-10-29)13-16(31)24-12-15-5-3-2-4-6-15/h2-6,11H,7-10,12-13H2,1H3,(H,24,31). The molecule has 0 unspecified atom stereocenters. The summed E-state index contributed by atoms with van der Waals surface area (Å²) < 4.78 is 40.2. The van der Waals surface area contributed by atoms with Gasteiger partial charge in [-0.25, -0.2) is 4.98 Å². The maximum atomic E-state index is 13.0. The number of amides is 1. The molecule has 4 rings (SSSR count). The number of piperazine rings is 1. The zero-order valence-corrected chi connectivity index (χ0v) is 16.9. The Bertz CT molecular complexity index is 1060. The van der Waals surface area contributed by atoms with Crippen LogP contribution in [0.25, 0.3) is 5.78 Å². The number of nitrogens with one attached hydrogen (secondary N) is 1. The van der Waals surface area contributed by atoms with Gasteiger partial charge in [-0.2, -0.15) is 22.7 Å². The molecular weight excluding hydrogens is 411 g/mol. The van der Waals surface area contributed by atoms with E-state index in [0.29, 0.717) is 44.2 Å². The minimum atomic E-state index is -4.63. The zero-order chi connectivity index (χ0) is 22.0. The van der Waals surface area contributed by atoms with Crippen molar-refractivity contribution in [3.8, 4) is 0 Å². The van der Waals surface area contributed by atoms with Gasteiger partial charge >= 0.3 is 6.18 Å². The van der Waals surface area contributed by atoms with Crippen molar-refractivity contribution in [1.29, 1.82) is 0 Å². The molecule has 1 fully saturated rings. The third-order valence-electron chi connectivity index (χ3n) is 5.07. The van der Waals surface area contributed by atoms with Crippen LogP contribution in [-0.4, -0.2) is 63.1 Å². The molecule has 3 heterocycles. The molecular formula is C20H22F3N7O. The van der Waals surface area contributed by atoms with Crippen LogP contribution in [0, 0.1) is 6.92 Å². The average molecular weight is 433 g/mol. The van der Waals surface area contributed by atoms with Gasteiger partial charge in [-0.1, -0.05) is 30.3 Å². The maximum Gasteiger partial charge on any atom is 0.453 e. The van der Waals surface area contributed by atoms with E-state index >= 15 is 0 Å². The summed E-state index contributed by atoms with van der Waals surface area (Å²) in [5.41, 5.74) is 1.59. The summed E-state index contributed by atoms with van der Waals surface area (Å²) in [6.07, 6.45) is -4.63. The minimum Gasteiger partial charge on any atom is -0.354 e. The van der Waals surface area contributed by atoms with E-state index in [2.05, 4.69) is 20.4 Å². The molecule has 3 aromatic rings. The fraction of sp³-hybridized carbons (Fsp3) is 0.400. The third-order valence-corrected chi connectivity index (χ3v) is 5.07. The van der Waals surface area contributed by atoms with Crippen LogP contribution in [-0.2, 0) is 17.5 Å². The van der Waals surface area contributed by atoms with E-state index < -0.39 is 12.0 Å². The van der Waals surface area contributed by atoms with E-state index in [1.54, 1.807) is 13.0 Å². The highest BCUT2D eigenvalue weighted by atomic mass is 19.4. The first-order chi connectivity index (χ1) is 14.8. The number of hydrogen-bond acceptors (Lipinski definition) is 6. The Labute approximate surface area is 176 Å². The summed E-state index contributed by atoms with van der Waals surface area (Å²) in [6, 6.07) is 11.4. The zero-order valence-electron chi connectivity index (χ0n) is 16.9. The van der Waals surface area contributed by atoms with E-state index in [9.17, 15) is 18.0 Å². The summed E-state index contributed by atoms with van der Waals surface area (Å²) in [5.74, 6) is -0.838. The van der Waals surface area contributed by atoms with Crippen molar-refractivity contribution >= 4 is 17.5 Å². The highest BCUT2D eigenvalue weighted by Gasteiger charge is 2.37. The number of halogens is 3. The summed E-state index contributed by atoms with van der Waals surface area (Å²) >= 11 is 0. The molecule has 0 radical (unpaired) electrons. The monoisotopic (exact) mass is 433 g/mol. The molecule has 31 heavy (non-hydrogen) atoms. The fourth-order valence-corrected chi connectivity index (χ4v) is 3.50. The van der Waals surface area contributed by atoms with Gasteiger partial charge in [0.05, 0.1) is 6.54 Å². The van der Waals surface area contributed by atoms with Crippen LogP contribution >= 0.6 is 0 Å². The minimum absolute atomic E-state index is 0.0643. The first-order valence-corrected chi connectivity index (χ1v) is 9.89. The van der Waals surface area contributed by atoms with Crippen molar-refractivity contribution in [2.45, 2.75) is 19.6 Å². The first-order valence-electron chi connectivity index (χ1n) is 9.89. The van der Waals surface area contributed by atoms with Crippen LogP contribution in [0.4, 0.5) is 19.0 Å². The predicted molar refractivity (Wildman–Crippen MR) is 107 cm³/mol. The number of alkyl halides is 3. The van der Waals surface area contributed by atoms with Gasteiger partial charge in [0.2, 0.25) is 5.91 Å². The van der Waals surface area contributed by atoms with E-state index in [0.717, 1.165) is 10.1 Å². The second kappa shape index (κ2) is 8.50. The van der Waals surface area contributed by atoms with Crippen LogP contribution in [0.15, 0.2) is 36.4 Å². The number of hydrogen-bond donors (Lipinski definition) is 1. The van der Waals surface area contributed by atoms with Gasteiger partial charge < -0.3 is 10.2 Å². The third kappa shape index (κ3) is 4.93. The van der Waals surface area contributed by atoms with Crippen LogP contribution in [0.1, 0.15) is 17.1 Å². The lowest BCUT2D eigenvalue weighted by atomic mass is 10.2. The summed E-state index contributed by atoms with van der Waals surface area (Å²) in [5, 5.41) is 6.53. The van der Waals surface area contributed by atoms with Gasteiger partial charge in [0, 0.05) is 44.5 Å². The summed E-state index contributed by atoms with van der Waals surface area (Å²) in [7, 11) is 0. The molecule has 1 aliphatic rings. The number of fused-ring (bicyclic) bond motifs is 1. The number of aromatic nitrogens is 4. The van der Waals surface area contributed by atoms with Gasteiger partial charge in [-0.05, 0) is 12.5 Å². The molecule has 0 atom stereocenters. The molecule has 1 aromatic carbocycles. The lowest BCUT2D eigenvalue weighted by Crippen LogP contribution is -2.50. The molecule has 11 heteroatoms. The van der Waals surface area contributed by atoms with Crippen molar-refractivity contribution in [3.05, 3.63) is 53.5 Å². The van der Waals surface area contributed by atoms with Gasteiger partial charge in [-0.3, -0.25) is 9.69 Å². The van der Waals surface area contributed by atoms with E-state index in [-0.39, 0.29) is 18.2 Å². The Balaban J connectivity index is 1.38. The fourth-order valence-electron chi connectivity index (χ4n) is 3.50. The molecule has 1 N–H and O–H groups in total. The predicted octanol–water partition coefficient (Wildman–Crippen LogP) is 1.89. The van der Waals surface area contributed by atoms with Crippen molar-refractivity contribution < 1.29 is 18.0 Å². The van der Waals surface area contributed by atoms with Crippen molar-refractivity contribution in [3.63, 3.8) is 0 Å². The van der Waals surface area contributed by atoms with Gasteiger partial charge in [0.15, 0.2) is 0 Å². The van der Waals surface area contributed by atoms with Crippen molar-refractivity contribution in [2.24, 2.45) is 0 Å². The molecule has 0 bridgehead atoms. The second-order valence-corrected chi connectivity index (χ2v) is 7.43. The molecule has 2 aromatic heterocycles. The molecule has 1 aliphatic heterocycles. The number of aryl methyl sites for hydroxylation is 1. The number of anilines is 1. The average Bonchev–Trinajstić information content (AvgIpc) is 3.18. The second-order valence-electron chi connectivity index (χ2n) is 7.43. The van der Waals surface area contributed by atoms with Crippen LogP contribution < -0.4 is 10.2 Å². The lowest BCUT2D eigenvalue weighted by Gasteiger charge is -2.35. The number of benzene rings is 1. The van der Waals surface area contributed by atoms with Crippen LogP contribution in [0.5, 0.6) is 0 Å². The van der Waals surface area contributed by atoms with Gasteiger partial charge in [-0.15, -0.1) is 5.10 Å². The molecule has 1 saturated heterocycles. The smallest absolute Gasteiger partial charge is 0.354 e. The molecule has 0 saturated carbocycles. The van der Waals surface area contributed by atoms with Crippen LogP contribution in [0.3, 0.4) is 0 Å². The lowest BCUT2D eigenvalue weighted by molar-refractivity contribution is -0.144. The van der Waals surface area contributed by atoms with E-state index in [1.165, 1.54) is 0 Å². The van der Waals surface area contributed by atoms with Crippen molar-refractivity contribution in [1.82, 2.24) is 29.8 Å². The highest BCUT2D eigenvalue weighted by molar-refractivity contribution is 5.78. The van der Waals surface area contributed by atoms with E-state index in [4.69, 9.17) is 0 Å². The molecule has 164 valence electrons. The van der Waals surface area contributed by atoms with Crippen LogP contribution in [0.2, 0.25) is 0 Å². The maximum absolute atomic E-state index is 13.0. The Morgan fingerprint density at radius 3 is 2.48 bits per heavy atom. The highest BCUT2D eigenvalue weighted by Crippen LogP contribution is 2.28.